The van der Waals surface area contributed by atoms with E-state index in [4.69, 9.17) is 5.11 Å². The summed E-state index contributed by atoms with van der Waals surface area (Å²) in [5.74, 6) is -1.36. The molecule has 0 aromatic rings. The van der Waals surface area contributed by atoms with Crippen molar-refractivity contribution in [1.29, 1.82) is 0 Å². The fourth-order valence-corrected chi connectivity index (χ4v) is 1.39. The topological polar surface area (TPSA) is 122 Å². The van der Waals surface area contributed by atoms with Gasteiger partial charge < -0.3 is 9.84 Å². The molecular weight excluding hydrogens is 216 g/mol. The van der Waals surface area contributed by atoms with Crippen LogP contribution < -0.4 is 9.44 Å². The molecule has 9 heteroatoms. The van der Waals surface area contributed by atoms with Crippen molar-refractivity contribution in [1.82, 2.24) is 9.44 Å². The van der Waals surface area contributed by atoms with Crippen LogP contribution in [0, 0.1) is 0 Å². The molecule has 0 radical (unpaired) electrons. The summed E-state index contributed by atoms with van der Waals surface area (Å²) in [5, 5.41) is 8.37. The number of hydrogen-bond acceptors (Lipinski definition) is 5. The van der Waals surface area contributed by atoms with Gasteiger partial charge in [-0.25, -0.2) is 9.52 Å². The molecule has 0 aromatic heterocycles. The third-order valence-corrected chi connectivity index (χ3v) is 2.20. The lowest BCUT2D eigenvalue weighted by atomic mass is 10.4. The zero-order valence-electron chi connectivity index (χ0n) is 7.47. The number of ether oxygens (including phenoxy) is 1. The van der Waals surface area contributed by atoms with Gasteiger partial charge in [0.25, 0.3) is 0 Å². The maximum absolute atomic E-state index is 10.9. The highest BCUT2D eigenvalue weighted by atomic mass is 32.2. The highest BCUT2D eigenvalue weighted by molar-refractivity contribution is 7.88. The van der Waals surface area contributed by atoms with Crippen molar-refractivity contribution in [3.8, 4) is 0 Å². The van der Waals surface area contributed by atoms with E-state index in [2.05, 4.69) is 4.74 Å². The fraction of sp³-hybridized carbons (Fsp3) is 0.600. The van der Waals surface area contributed by atoms with E-state index in [1.165, 1.54) is 4.72 Å². The molecule has 0 aliphatic carbocycles. The van der Waals surface area contributed by atoms with Crippen molar-refractivity contribution in [2.24, 2.45) is 0 Å². The quantitative estimate of drug-likeness (QED) is 0.544. The first-order valence-corrected chi connectivity index (χ1v) is 4.87. The lowest BCUT2D eigenvalue weighted by molar-refractivity contribution is -0.138. The fourth-order valence-electron chi connectivity index (χ4n) is 0.464. The molecule has 0 heterocycles. The molecule has 0 saturated carbocycles. The smallest absolute Gasteiger partial charge is 0.421 e. The first-order valence-electron chi connectivity index (χ1n) is 3.39. The van der Waals surface area contributed by atoms with Gasteiger partial charge in [0.1, 0.15) is 6.04 Å². The molecule has 0 spiro atoms. The summed E-state index contributed by atoms with van der Waals surface area (Å²) in [7, 11) is -3.21. The summed E-state index contributed by atoms with van der Waals surface area (Å²) in [6.07, 6.45) is -1.20. The number of aliphatic carboxylic acids is 1. The molecular formula is C5H10N2O6S. The van der Waals surface area contributed by atoms with E-state index in [0.29, 0.717) is 0 Å². The largest absolute Gasteiger partial charge is 0.480 e. The number of nitrogens with one attached hydrogen (secondary N) is 2. The van der Waals surface area contributed by atoms with Crippen molar-refractivity contribution in [2.75, 3.05) is 7.11 Å². The minimum atomic E-state index is -4.19. The van der Waals surface area contributed by atoms with Crippen molar-refractivity contribution < 1.29 is 27.9 Å². The summed E-state index contributed by atoms with van der Waals surface area (Å²) < 4.78 is 29.0. The van der Waals surface area contributed by atoms with Crippen LogP contribution in [0.15, 0.2) is 0 Å². The number of carboxylic acid groups (broad SMARTS) is 1. The van der Waals surface area contributed by atoms with Gasteiger partial charge in [-0.3, -0.25) is 4.79 Å². The van der Waals surface area contributed by atoms with Gasteiger partial charge >= 0.3 is 22.3 Å². The second-order valence-electron chi connectivity index (χ2n) is 2.27. The number of amides is 1. The predicted octanol–water partition coefficient (Wildman–Crippen LogP) is -1.35. The third kappa shape index (κ3) is 4.62. The summed E-state index contributed by atoms with van der Waals surface area (Å²) in [5.41, 5.74) is 0. The van der Waals surface area contributed by atoms with Gasteiger partial charge in [0.05, 0.1) is 7.11 Å². The van der Waals surface area contributed by atoms with E-state index in [1.807, 2.05) is 0 Å². The van der Waals surface area contributed by atoms with Crippen molar-refractivity contribution in [2.45, 2.75) is 13.0 Å². The van der Waals surface area contributed by atoms with Gasteiger partial charge in [0, 0.05) is 0 Å². The average Bonchev–Trinajstić information content (AvgIpc) is 2.02. The molecule has 0 rings (SSSR count). The van der Waals surface area contributed by atoms with Crippen molar-refractivity contribution >= 4 is 22.3 Å². The minimum absolute atomic E-state index is 0.978. The van der Waals surface area contributed by atoms with Gasteiger partial charge in [0.2, 0.25) is 0 Å². The van der Waals surface area contributed by atoms with E-state index in [1.54, 1.807) is 4.72 Å². The van der Waals surface area contributed by atoms with Crippen molar-refractivity contribution in [3.05, 3.63) is 0 Å². The number of methoxy groups -OCH3 is 1. The normalized spacial score (nSPS) is 13.0. The first kappa shape index (κ1) is 12.7. The highest BCUT2D eigenvalue weighted by Gasteiger charge is 2.21. The van der Waals surface area contributed by atoms with Crippen LogP contribution in [-0.4, -0.2) is 38.7 Å². The summed E-state index contributed by atoms with van der Waals surface area (Å²) in [4.78, 5) is 20.7. The number of carbonyl (C=O) groups is 2. The Morgan fingerprint density at radius 3 is 2.29 bits per heavy atom. The molecule has 82 valence electrons. The Kier molecular flexibility index (Phi) is 4.31. The van der Waals surface area contributed by atoms with Crippen LogP contribution in [0.25, 0.3) is 0 Å². The molecule has 1 atom stereocenters. The second-order valence-corrected chi connectivity index (χ2v) is 3.72. The molecule has 0 aromatic carbocycles. The average molecular weight is 226 g/mol. The van der Waals surface area contributed by atoms with Crippen LogP contribution in [-0.2, 0) is 19.7 Å². The van der Waals surface area contributed by atoms with Crippen molar-refractivity contribution in [3.63, 3.8) is 0 Å². The van der Waals surface area contributed by atoms with Crippen LogP contribution >= 0.6 is 0 Å². The standard InChI is InChI=1S/C5H10N2O6S/c1-3(4(8)9)6-14(11,12)7-5(10)13-2/h3,6H,1-2H3,(H,7,10)(H,8,9)/t3-/m0/s1. The second kappa shape index (κ2) is 4.77. The maximum atomic E-state index is 10.9. The van der Waals surface area contributed by atoms with Crippen LogP contribution in [0.1, 0.15) is 6.92 Å². The molecule has 8 nitrogen and oxygen atoms in total. The SMILES string of the molecule is COC(=O)NS(=O)(=O)N[C@@H](C)C(=O)O. The molecule has 0 aliphatic heterocycles. The third-order valence-electron chi connectivity index (χ3n) is 1.11. The van der Waals surface area contributed by atoms with Gasteiger partial charge in [-0.1, -0.05) is 0 Å². The van der Waals surface area contributed by atoms with Gasteiger partial charge in [-0.05, 0) is 6.92 Å². The zero-order chi connectivity index (χ0) is 11.4. The monoisotopic (exact) mass is 226 g/mol. The molecule has 0 unspecified atom stereocenters. The lowest BCUT2D eigenvalue weighted by Gasteiger charge is -2.09. The van der Waals surface area contributed by atoms with E-state index in [0.717, 1.165) is 14.0 Å². The van der Waals surface area contributed by atoms with Gasteiger partial charge in [0.15, 0.2) is 0 Å². The Labute approximate surface area is 80.4 Å². The minimum Gasteiger partial charge on any atom is -0.480 e. The Balaban J connectivity index is 4.36. The van der Waals surface area contributed by atoms with Crippen LogP contribution in [0.2, 0.25) is 0 Å². The summed E-state index contributed by atoms with van der Waals surface area (Å²) in [6.45, 7) is 1.11. The molecule has 1 amide bonds. The zero-order valence-corrected chi connectivity index (χ0v) is 8.29. The Morgan fingerprint density at radius 2 is 1.93 bits per heavy atom. The Morgan fingerprint density at radius 1 is 1.43 bits per heavy atom. The number of rotatable bonds is 4. The lowest BCUT2D eigenvalue weighted by Crippen LogP contribution is -2.46. The molecule has 3 N–H and O–H groups in total. The Hall–Kier alpha value is -1.35. The predicted molar refractivity (Wildman–Crippen MR) is 44.7 cm³/mol. The van der Waals surface area contributed by atoms with Crippen LogP contribution in [0.4, 0.5) is 4.79 Å². The Bertz CT molecular complexity index is 323. The maximum Gasteiger partial charge on any atom is 0.421 e. The van der Waals surface area contributed by atoms with E-state index in [9.17, 15) is 18.0 Å². The number of carbonyl (C=O) groups excluding carboxylic acids is 1. The highest BCUT2D eigenvalue weighted by Crippen LogP contribution is 1.86. The van der Waals surface area contributed by atoms with E-state index < -0.39 is 28.3 Å². The van der Waals surface area contributed by atoms with E-state index in [-0.39, 0.29) is 0 Å². The molecule has 0 bridgehead atoms. The molecule has 0 saturated heterocycles. The number of hydrogen-bond donors (Lipinski definition) is 3. The molecule has 0 aliphatic rings. The van der Waals surface area contributed by atoms with Crippen LogP contribution in [0.5, 0.6) is 0 Å². The molecule has 0 fully saturated rings. The summed E-state index contributed by atoms with van der Waals surface area (Å²) >= 11 is 0. The molecule has 14 heavy (non-hydrogen) atoms. The van der Waals surface area contributed by atoms with Gasteiger partial charge in [-0.2, -0.15) is 13.1 Å². The van der Waals surface area contributed by atoms with Crippen LogP contribution in [0.3, 0.4) is 0 Å². The number of carboxylic acids is 1. The summed E-state index contributed by atoms with van der Waals surface area (Å²) in [6, 6.07) is -1.34. The van der Waals surface area contributed by atoms with E-state index >= 15 is 0 Å². The first-order chi connectivity index (χ1) is 6.28. The van der Waals surface area contributed by atoms with Gasteiger partial charge in [-0.15, -0.1) is 0 Å².